The molecule has 0 aliphatic rings. The molecule has 0 aromatic rings. The van der Waals surface area contributed by atoms with E-state index in [4.69, 9.17) is 0 Å². The van der Waals surface area contributed by atoms with E-state index in [2.05, 4.69) is 0 Å². The fourth-order valence-corrected chi connectivity index (χ4v) is 1.81. The van der Waals surface area contributed by atoms with Crippen molar-refractivity contribution in [1.82, 2.24) is 0 Å². The van der Waals surface area contributed by atoms with Gasteiger partial charge in [-0.15, -0.1) is 0 Å². The third-order valence-electron chi connectivity index (χ3n) is 2.18. The predicted molar refractivity (Wildman–Crippen MR) is 58.4 cm³/mol. The Balaban J connectivity index is 4.11. The minimum absolute atomic E-state index is 0.150. The number of carbonyl (C=O) groups excluding carboxylic acids is 2. The summed E-state index contributed by atoms with van der Waals surface area (Å²) in [7, 11) is 0. The van der Waals surface area contributed by atoms with Gasteiger partial charge >= 0.3 is 105 Å². The van der Waals surface area contributed by atoms with Crippen LogP contribution in [0, 0.1) is 11.8 Å². The van der Waals surface area contributed by atoms with Crippen LogP contribution in [0.25, 0.3) is 0 Å². The molecule has 0 saturated carbocycles. The molecule has 0 atom stereocenters. The van der Waals surface area contributed by atoms with Crippen LogP contribution >= 0.6 is 0 Å². The molecule has 3 heteroatoms. The molecular formula is C11H19NaO2. The van der Waals surface area contributed by atoms with Gasteiger partial charge in [0.2, 0.25) is 0 Å². The second-order valence-corrected chi connectivity index (χ2v) is 6.00. The molecule has 0 N–H and O–H groups in total. The molecule has 0 spiro atoms. The van der Waals surface area contributed by atoms with Gasteiger partial charge in [-0.2, -0.15) is 0 Å². The molecule has 0 unspecified atom stereocenters. The van der Waals surface area contributed by atoms with Gasteiger partial charge in [0.25, 0.3) is 0 Å². The van der Waals surface area contributed by atoms with Crippen molar-refractivity contribution >= 4 is 39.5 Å². The Morgan fingerprint density at radius 2 is 1.21 bits per heavy atom. The van der Waals surface area contributed by atoms with Crippen molar-refractivity contribution in [3.05, 3.63) is 0 Å². The molecule has 0 radical (unpaired) electrons. The molecule has 76 valence electrons. The average Bonchev–Trinajstić information content (AvgIpc) is 2.00. The van der Waals surface area contributed by atoms with Gasteiger partial charge in [-0.25, -0.2) is 0 Å². The van der Waals surface area contributed by atoms with Crippen LogP contribution in [0.3, 0.4) is 0 Å². The van der Waals surface area contributed by atoms with Crippen molar-refractivity contribution in [3.8, 4) is 0 Å². The number of hydrogen-bond acceptors (Lipinski definition) is 2. The summed E-state index contributed by atoms with van der Waals surface area (Å²) in [6.45, 7) is 8.05. The maximum atomic E-state index is 11.6. The van der Waals surface area contributed by atoms with Crippen LogP contribution in [0.2, 0.25) is 3.17 Å². The van der Waals surface area contributed by atoms with Crippen molar-refractivity contribution in [1.29, 1.82) is 0 Å². The molecule has 2 nitrogen and oxygen atoms in total. The van der Waals surface area contributed by atoms with Gasteiger partial charge in [0, 0.05) is 0 Å². The van der Waals surface area contributed by atoms with Gasteiger partial charge in [0.05, 0.1) is 0 Å². The Morgan fingerprint density at radius 1 is 0.929 bits per heavy atom. The first-order valence-electron chi connectivity index (χ1n) is 5.40. The van der Waals surface area contributed by atoms with Gasteiger partial charge < -0.3 is 0 Å². The molecule has 0 aliphatic carbocycles. The zero-order valence-electron chi connectivity index (χ0n) is 9.96. The van der Waals surface area contributed by atoms with Crippen LogP contribution in [0.5, 0.6) is 0 Å². The maximum absolute atomic E-state index is 11.6. The summed E-state index contributed by atoms with van der Waals surface area (Å²) in [5, 5.41) is 0. The van der Waals surface area contributed by atoms with Crippen LogP contribution < -0.4 is 0 Å². The van der Waals surface area contributed by atoms with E-state index in [1.54, 1.807) is 0 Å². The van der Waals surface area contributed by atoms with E-state index in [9.17, 15) is 9.59 Å². The van der Waals surface area contributed by atoms with Crippen LogP contribution in [-0.2, 0) is 9.59 Å². The molecular weight excluding hydrogens is 187 g/mol. The Morgan fingerprint density at radius 3 is 1.43 bits per heavy atom. The Kier molecular flexibility index (Phi) is 6.92. The Hall–Kier alpha value is 0.340. The summed E-state index contributed by atoms with van der Waals surface area (Å²) < 4.78 is -0.264. The van der Waals surface area contributed by atoms with Gasteiger partial charge in [-0.1, -0.05) is 0 Å². The molecule has 0 rings (SSSR count). The topological polar surface area (TPSA) is 34.1 Å². The van der Waals surface area contributed by atoms with E-state index in [0.29, 0.717) is 52.6 Å². The van der Waals surface area contributed by atoms with Crippen molar-refractivity contribution < 1.29 is 9.59 Å². The second kappa shape index (κ2) is 6.76. The number of hydrogen-bond donors (Lipinski definition) is 0. The van der Waals surface area contributed by atoms with Crippen LogP contribution in [-0.4, -0.2) is 39.5 Å². The molecule has 14 heavy (non-hydrogen) atoms. The van der Waals surface area contributed by atoms with Gasteiger partial charge in [0.15, 0.2) is 0 Å². The number of rotatable bonds is 6. The molecule has 0 aliphatic heterocycles. The molecule has 0 fully saturated rings. The van der Waals surface area contributed by atoms with Crippen molar-refractivity contribution in [3.63, 3.8) is 0 Å². The summed E-state index contributed by atoms with van der Waals surface area (Å²) in [4.78, 5) is 23.2. The van der Waals surface area contributed by atoms with E-state index in [1.807, 2.05) is 27.7 Å². The Labute approximate surface area is 104 Å². The predicted octanol–water partition coefficient (Wildman–Crippen LogP) is 2.17. The van der Waals surface area contributed by atoms with E-state index in [1.165, 1.54) is 0 Å². The van der Waals surface area contributed by atoms with Crippen LogP contribution in [0.4, 0.5) is 0 Å². The fraction of sp³-hybridized carbons (Fsp3) is 0.818. The fourth-order valence-electron chi connectivity index (χ4n) is 1.34. The van der Waals surface area contributed by atoms with Gasteiger partial charge in [-0.05, 0) is 0 Å². The van der Waals surface area contributed by atoms with E-state index < -0.39 is 0 Å². The van der Waals surface area contributed by atoms with Crippen LogP contribution in [0.1, 0.15) is 40.5 Å². The molecule has 0 saturated heterocycles. The van der Waals surface area contributed by atoms with Crippen molar-refractivity contribution in [2.24, 2.45) is 11.8 Å². The summed E-state index contributed by atoms with van der Waals surface area (Å²) in [6, 6.07) is 0. The Bertz CT molecular complexity index is 187. The first-order chi connectivity index (χ1) is 6.34. The standard InChI is InChI=1S/C11H19O2.Na/c1-8(2)5-10(12)7-11(13)6-9(3)4;/h7-9H,5-6H2,1-4H3;. The first kappa shape index (κ1) is 14.3. The van der Waals surface area contributed by atoms with Crippen molar-refractivity contribution in [2.75, 3.05) is 0 Å². The second-order valence-electron chi connectivity index (χ2n) is 4.85. The van der Waals surface area contributed by atoms with Gasteiger partial charge in [-0.3, -0.25) is 0 Å². The van der Waals surface area contributed by atoms with E-state index in [-0.39, 0.29) is 14.7 Å². The summed E-state index contributed by atoms with van der Waals surface area (Å²) in [5.41, 5.74) is 0. The molecule has 0 heterocycles. The molecule has 0 bridgehead atoms. The first-order valence-corrected chi connectivity index (χ1v) is 6.55. The summed E-state index contributed by atoms with van der Waals surface area (Å²) in [6.07, 6.45) is 1.11. The molecule has 0 aromatic heterocycles. The number of carbonyl (C=O) groups is 2. The SMILES string of the molecule is CC(C)CC(=O)[CH]([Na])C(=O)CC(C)C. The number of ketones is 2. The third-order valence-corrected chi connectivity index (χ3v) is 3.47. The third kappa shape index (κ3) is 5.94. The zero-order chi connectivity index (χ0) is 11.3. The average molecular weight is 206 g/mol. The quantitative estimate of drug-likeness (QED) is 0.493. The zero-order valence-corrected chi connectivity index (χ0v) is 12.0. The van der Waals surface area contributed by atoms with Crippen LogP contribution in [0.15, 0.2) is 0 Å². The minimum atomic E-state index is -0.264. The normalized spacial score (nSPS) is 11.5. The molecule has 0 amide bonds. The summed E-state index contributed by atoms with van der Waals surface area (Å²) >= 11 is 0.669. The van der Waals surface area contributed by atoms with Gasteiger partial charge in [0.1, 0.15) is 0 Å². The number of Topliss-reactive ketones (excluding diaryl/α,β-unsaturated/α-hetero) is 2. The van der Waals surface area contributed by atoms with Crippen molar-refractivity contribution in [2.45, 2.75) is 43.7 Å². The van der Waals surface area contributed by atoms with E-state index >= 15 is 0 Å². The summed E-state index contributed by atoms with van der Waals surface area (Å²) in [5.74, 6) is 1.03. The molecule has 0 aromatic carbocycles. The van der Waals surface area contributed by atoms with E-state index in [0.717, 1.165) is 0 Å². The monoisotopic (exact) mass is 206 g/mol.